The third-order valence-corrected chi connectivity index (χ3v) is 5.45. The summed E-state index contributed by atoms with van der Waals surface area (Å²) in [5.41, 5.74) is 2.12. The number of hydrogen-bond acceptors (Lipinski definition) is 3. The summed E-state index contributed by atoms with van der Waals surface area (Å²) in [7, 11) is 0. The van der Waals surface area contributed by atoms with Crippen LogP contribution in [0.3, 0.4) is 0 Å². The van der Waals surface area contributed by atoms with Gasteiger partial charge in [0.05, 0.1) is 6.61 Å². The molecule has 0 spiro atoms. The van der Waals surface area contributed by atoms with Crippen LogP contribution in [-0.4, -0.2) is 12.5 Å². The van der Waals surface area contributed by atoms with Crippen LogP contribution in [-0.2, 0) is 11.2 Å². The predicted octanol–water partition coefficient (Wildman–Crippen LogP) is 6.78. The van der Waals surface area contributed by atoms with Gasteiger partial charge in [0.25, 0.3) is 5.91 Å². The van der Waals surface area contributed by atoms with Gasteiger partial charge in [-0.05, 0) is 66.6 Å². The van der Waals surface area contributed by atoms with E-state index in [4.69, 9.17) is 16.3 Å². The molecule has 0 aliphatic rings. The summed E-state index contributed by atoms with van der Waals surface area (Å²) in [6.45, 7) is 2.21. The van der Waals surface area contributed by atoms with Crippen molar-refractivity contribution in [3.63, 3.8) is 0 Å². The maximum Gasteiger partial charge on any atom is 0.266 e. The molecule has 32 heavy (non-hydrogen) atoms. The number of carbonyl (C=O) groups excluding carboxylic acids is 1. The first kappa shape index (κ1) is 23.5. The first-order valence-corrected chi connectivity index (χ1v) is 11.0. The molecule has 1 amide bonds. The second-order valence-corrected chi connectivity index (χ2v) is 8.13. The fraction of sp³-hybridized carbons (Fsp3) is 0.120. The van der Waals surface area contributed by atoms with E-state index in [1.54, 1.807) is 54.6 Å². The molecule has 0 saturated heterocycles. The summed E-state index contributed by atoms with van der Waals surface area (Å²) in [5.74, 6) is -0.397. The minimum atomic E-state index is -0.542. The molecule has 0 bridgehead atoms. The van der Waals surface area contributed by atoms with Crippen LogP contribution in [0.15, 0.2) is 70.7 Å². The van der Waals surface area contributed by atoms with Gasteiger partial charge in [-0.15, -0.1) is 0 Å². The van der Waals surface area contributed by atoms with Crippen LogP contribution in [0.1, 0.15) is 23.6 Å². The molecule has 0 heterocycles. The Bertz CT molecular complexity index is 1200. The monoisotopic (exact) mass is 512 g/mol. The summed E-state index contributed by atoms with van der Waals surface area (Å²) in [6, 6.07) is 18.7. The number of anilines is 1. The van der Waals surface area contributed by atoms with Crippen LogP contribution in [0.25, 0.3) is 6.08 Å². The normalized spacial score (nSPS) is 11.0. The van der Waals surface area contributed by atoms with Crippen LogP contribution >= 0.6 is 27.5 Å². The quantitative estimate of drug-likeness (QED) is 0.280. The minimum Gasteiger partial charge on any atom is -0.494 e. The molecule has 7 heteroatoms. The van der Waals surface area contributed by atoms with Gasteiger partial charge in [0.1, 0.15) is 23.2 Å². The molecule has 0 aromatic heterocycles. The Hall–Kier alpha value is -3.14. The Labute approximate surface area is 199 Å². The number of rotatable bonds is 7. The predicted molar refractivity (Wildman–Crippen MR) is 128 cm³/mol. The molecule has 3 rings (SSSR count). The number of amides is 1. The molecule has 0 aliphatic heterocycles. The van der Waals surface area contributed by atoms with Gasteiger partial charge in [-0.2, -0.15) is 5.26 Å². The number of hydrogen-bond donors (Lipinski definition) is 1. The highest BCUT2D eigenvalue weighted by Gasteiger charge is 2.15. The van der Waals surface area contributed by atoms with E-state index >= 15 is 0 Å². The highest BCUT2D eigenvalue weighted by Crippen LogP contribution is 2.32. The molecular formula is C25H19BrClFN2O2. The van der Waals surface area contributed by atoms with E-state index in [0.717, 1.165) is 4.47 Å². The van der Waals surface area contributed by atoms with E-state index in [0.29, 0.717) is 39.8 Å². The standard InChI is InChI=1S/C25H19BrClFN2O2/c1-2-32-24-13-16(12-22(27)21(24)14-17-5-3-4-6-23(17)28)11-18(15-29)25(31)30-20-9-7-19(26)8-10-20/h3-13H,2,14H2,1H3,(H,30,31)/b18-11+. The SMILES string of the molecule is CCOc1cc(/C=C(\C#N)C(=O)Nc2ccc(Br)cc2)cc(Cl)c1Cc1ccccc1F. The van der Waals surface area contributed by atoms with E-state index in [9.17, 15) is 14.4 Å². The molecule has 0 fully saturated rings. The van der Waals surface area contributed by atoms with Crippen molar-refractivity contribution in [3.8, 4) is 11.8 Å². The van der Waals surface area contributed by atoms with Crippen molar-refractivity contribution in [1.82, 2.24) is 0 Å². The molecular weight excluding hydrogens is 495 g/mol. The van der Waals surface area contributed by atoms with Gasteiger partial charge in [-0.1, -0.05) is 45.7 Å². The fourth-order valence-electron chi connectivity index (χ4n) is 3.05. The zero-order valence-corrected chi connectivity index (χ0v) is 19.5. The zero-order valence-electron chi connectivity index (χ0n) is 17.2. The fourth-order valence-corrected chi connectivity index (χ4v) is 3.60. The van der Waals surface area contributed by atoms with Gasteiger partial charge in [-0.3, -0.25) is 4.79 Å². The van der Waals surface area contributed by atoms with Crippen LogP contribution in [0.2, 0.25) is 5.02 Å². The number of nitriles is 1. The summed E-state index contributed by atoms with van der Waals surface area (Å²) >= 11 is 9.84. The lowest BCUT2D eigenvalue weighted by molar-refractivity contribution is -0.112. The van der Waals surface area contributed by atoms with E-state index < -0.39 is 5.91 Å². The largest absolute Gasteiger partial charge is 0.494 e. The second-order valence-electron chi connectivity index (χ2n) is 6.81. The average Bonchev–Trinajstić information content (AvgIpc) is 2.77. The first-order chi connectivity index (χ1) is 15.4. The second kappa shape index (κ2) is 10.9. The highest BCUT2D eigenvalue weighted by atomic mass is 79.9. The van der Waals surface area contributed by atoms with E-state index in [1.165, 1.54) is 12.1 Å². The Morgan fingerprint density at radius 3 is 2.59 bits per heavy atom. The van der Waals surface area contributed by atoms with Crippen LogP contribution in [0, 0.1) is 17.1 Å². The van der Waals surface area contributed by atoms with Crippen molar-refractivity contribution in [2.45, 2.75) is 13.3 Å². The minimum absolute atomic E-state index is 0.0895. The van der Waals surface area contributed by atoms with Gasteiger partial charge in [0, 0.05) is 27.2 Å². The summed E-state index contributed by atoms with van der Waals surface area (Å²) < 4.78 is 20.7. The van der Waals surface area contributed by atoms with Crippen molar-refractivity contribution in [2.75, 3.05) is 11.9 Å². The lowest BCUT2D eigenvalue weighted by atomic mass is 10.0. The van der Waals surface area contributed by atoms with E-state index in [-0.39, 0.29) is 17.8 Å². The number of benzene rings is 3. The van der Waals surface area contributed by atoms with Gasteiger partial charge < -0.3 is 10.1 Å². The maximum absolute atomic E-state index is 14.1. The Kier molecular flexibility index (Phi) is 8.04. The van der Waals surface area contributed by atoms with Crippen LogP contribution < -0.4 is 10.1 Å². The van der Waals surface area contributed by atoms with E-state index in [1.807, 2.05) is 13.0 Å². The molecule has 0 unspecified atom stereocenters. The first-order valence-electron chi connectivity index (χ1n) is 9.78. The number of carbonyl (C=O) groups is 1. The van der Waals surface area contributed by atoms with Gasteiger partial charge >= 0.3 is 0 Å². The lowest BCUT2D eigenvalue weighted by Crippen LogP contribution is -2.13. The Balaban J connectivity index is 1.91. The highest BCUT2D eigenvalue weighted by molar-refractivity contribution is 9.10. The third kappa shape index (κ3) is 5.97. The van der Waals surface area contributed by atoms with Gasteiger partial charge in [-0.25, -0.2) is 4.39 Å². The van der Waals surface area contributed by atoms with Crippen LogP contribution in [0.4, 0.5) is 10.1 Å². The topological polar surface area (TPSA) is 62.1 Å². The molecule has 3 aromatic carbocycles. The molecule has 162 valence electrons. The molecule has 1 N–H and O–H groups in total. The molecule has 3 aromatic rings. The van der Waals surface area contributed by atoms with Crippen molar-refractivity contribution in [3.05, 3.63) is 98.2 Å². The maximum atomic E-state index is 14.1. The summed E-state index contributed by atoms with van der Waals surface area (Å²) in [6.07, 6.45) is 1.69. The lowest BCUT2D eigenvalue weighted by Gasteiger charge is -2.14. The number of nitrogens with one attached hydrogen (secondary N) is 1. The molecule has 0 atom stereocenters. The van der Waals surface area contributed by atoms with Gasteiger partial charge in [0.15, 0.2) is 0 Å². The third-order valence-electron chi connectivity index (χ3n) is 4.58. The molecule has 0 saturated carbocycles. The van der Waals surface area contributed by atoms with Crippen molar-refractivity contribution >= 4 is 45.2 Å². The summed E-state index contributed by atoms with van der Waals surface area (Å²) in [5, 5.41) is 12.6. The number of ether oxygens (including phenoxy) is 1. The molecule has 0 aliphatic carbocycles. The molecule has 4 nitrogen and oxygen atoms in total. The Morgan fingerprint density at radius 1 is 1.22 bits per heavy atom. The van der Waals surface area contributed by atoms with Crippen molar-refractivity contribution in [1.29, 1.82) is 5.26 Å². The molecule has 0 radical (unpaired) electrons. The Morgan fingerprint density at radius 2 is 1.94 bits per heavy atom. The van der Waals surface area contributed by atoms with Crippen molar-refractivity contribution in [2.24, 2.45) is 0 Å². The number of halogens is 3. The van der Waals surface area contributed by atoms with Crippen LogP contribution in [0.5, 0.6) is 5.75 Å². The van der Waals surface area contributed by atoms with Crippen molar-refractivity contribution < 1.29 is 13.9 Å². The van der Waals surface area contributed by atoms with Gasteiger partial charge in [0.2, 0.25) is 0 Å². The zero-order chi connectivity index (χ0) is 23.1. The summed E-state index contributed by atoms with van der Waals surface area (Å²) in [4.78, 5) is 12.6. The number of nitrogens with zero attached hydrogens (tertiary/aromatic N) is 1. The average molecular weight is 514 g/mol. The smallest absolute Gasteiger partial charge is 0.266 e. The van der Waals surface area contributed by atoms with E-state index in [2.05, 4.69) is 21.2 Å².